The maximum atomic E-state index is 13.3. The third kappa shape index (κ3) is 21.0. The van der Waals surface area contributed by atoms with Gasteiger partial charge in [0.2, 0.25) is 7.37 Å². The minimum absolute atomic E-state index is 0.0354. The highest BCUT2D eigenvalue weighted by Crippen LogP contribution is 2.44. The summed E-state index contributed by atoms with van der Waals surface area (Å²) in [5, 5.41) is 9.79. The molecule has 11 heteroatoms. The van der Waals surface area contributed by atoms with Crippen LogP contribution in [0, 0.1) is 0 Å². The number of anilines is 1. The molecular weight excluding hydrogens is 641 g/mol. The van der Waals surface area contributed by atoms with Gasteiger partial charge in [-0.3, -0.25) is 9.13 Å². The number of ether oxygens (including phenoxy) is 3. The van der Waals surface area contributed by atoms with E-state index in [-0.39, 0.29) is 31.9 Å². The molecule has 0 saturated carbocycles. The topological polar surface area (TPSA) is 135 Å². The molecule has 0 bridgehead atoms. The van der Waals surface area contributed by atoms with Crippen LogP contribution in [0.25, 0.3) is 0 Å². The van der Waals surface area contributed by atoms with Crippen molar-refractivity contribution in [3.05, 3.63) is 58.6 Å². The first-order chi connectivity index (χ1) is 23.7. The van der Waals surface area contributed by atoms with E-state index >= 15 is 0 Å². The van der Waals surface area contributed by atoms with Gasteiger partial charge in [-0.1, -0.05) is 134 Å². The van der Waals surface area contributed by atoms with Gasteiger partial charge in [0.1, 0.15) is 17.8 Å². The molecule has 1 aromatic heterocycles. The quantitative estimate of drug-likeness (QED) is 0.0586. The third-order valence-electron chi connectivity index (χ3n) is 8.67. The molecule has 3 atom stereocenters. The molecular formula is C38H66N3O7P. The first-order valence-corrected chi connectivity index (χ1v) is 20.9. The number of nitrogens with two attached hydrogens (primary N) is 1. The summed E-state index contributed by atoms with van der Waals surface area (Å²) in [7, 11) is -3.25. The van der Waals surface area contributed by atoms with Crippen LogP contribution in [0.15, 0.2) is 47.4 Å². The van der Waals surface area contributed by atoms with E-state index in [1.165, 1.54) is 113 Å². The van der Waals surface area contributed by atoms with Crippen molar-refractivity contribution in [2.75, 3.05) is 45.2 Å². The second kappa shape index (κ2) is 25.8. The fourth-order valence-electron chi connectivity index (χ4n) is 5.51. The van der Waals surface area contributed by atoms with Crippen molar-refractivity contribution >= 4 is 13.2 Å². The molecule has 0 fully saturated rings. The van der Waals surface area contributed by atoms with Gasteiger partial charge in [-0.25, -0.2) is 4.79 Å². The van der Waals surface area contributed by atoms with Gasteiger partial charge in [-0.05, 0) is 25.0 Å². The Kier molecular flexibility index (Phi) is 22.7. The van der Waals surface area contributed by atoms with Crippen molar-refractivity contribution in [1.82, 2.24) is 9.55 Å². The first-order valence-electron chi connectivity index (χ1n) is 18.7. The molecule has 0 aliphatic heterocycles. The summed E-state index contributed by atoms with van der Waals surface area (Å²) < 4.78 is 38.6. The number of aliphatic hydroxyl groups excluding tert-OH is 1. The monoisotopic (exact) mass is 707 g/mol. The van der Waals surface area contributed by atoms with E-state index in [0.717, 1.165) is 18.4 Å². The van der Waals surface area contributed by atoms with Crippen molar-refractivity contribution in [1.29, 1.82) is 0 Å². The Bertz CT molecular complexity index is 1220. The minimum atomic E-state index is -3.25. The molecule has 0 saturated heterocycles. The molecule has 1 aromatic carbocycles. The number of nitrogens with zero attached hydrogens (tertiary/aromatic N) is 2. The normalized spacial score (nSPS) is 14.8. The Morgan fingerprint density at radius 3 is 2.00 bits per heavy atom. The Hall–Kier alpha value is -2.07. The zero-order chi connectivity index (χ0) is 35.6. The van der Waals surface area contributed by atoms with E-state index in [4.69, 9.17) is 24.5 Å². The number of hydrogen-bond acceptors (Lipinski definition) is 9. The first kappa shape index (κ1) is 43.1. The molecule has 280 valence electrons. The van der Waals surface area contributed by atoms with E-state index in [0.29, 0.717) is 19.8 Å². The van der Waals surface area contributed by atoms with Gasteiger partial charge >= 0.3 is 5.69 Å². The van der Waals surface area contributed by atoms with Crippen LogP contribution in [-0.2, 0) is 36.5 Å². The van der Waals surface area contributed by atoms with Crippen LogP contribution in [-0.4, -0.2) is 65.8 Å². The SMILES string of the molecule is CCCCCCCCCCCCCCCCCCOC[C@](C)(COP(C)(=O)CO[C@H](CO)Cn1ccc(N)nc1=O)OCc1ccccc1. The lowest BCUT2D eigenvalue weighted by Gasteiger charge is -2.31. The van der Waals surface area contributed by atoms with Gasteiger partial charge in [-0.15, -0.1) is 0 Å². The molecule has 3 N–H and O–H groups in total. The van der Waals surface area contributed by atoms with Gasteiger partial charge in [-0.2, -0.15) is 4.98 Å². The molecule has 0 spiro atoms. The van der Waals surface area contributed by atoms with Crippen LogP contribution in [0.2, 0.25) is 0 Å². The molecule has 1 heterocycles. The fourth-order valence-corrected chi connectivity index (χ4v) is 6.61. The molecule has 0 amide bonds. The minimum Gasteiger partial charge on any atom is -0.394 e. The molecule has 2 rings (SSSR count). The van der Waals surface area contributed by atoms with Crippen LogP contribution >= 0.6 is 7.37 Å². The fraction of sp³-hybridized carbons (Fsp3) is 0.737. The highest BCUT2D eigenvalue weighted by atomic mass is 31.2. The van der Waals surface area contributed by atoms with Crippen LogP contribution in [0.1, 0.15) is 122 Å². The smallest absolute Gasteiger partial charge is 0.349 e. The lowest BCUT2D eigenvalue weighted by molar-refractivity contribution is -0.115. The van der Waals surface area contributed by atoms with Crippen LogP contribution in [0.5, 0.6) is 0 Å². The largest absolute Gasteiger partial charge is 0.394 e. The van der Waals surface area contributed by atoms with Gasteiger partial charge in [0.25, 0.3) is 0 Å². The Labute approximate surface area is 295 Å². The number of benzene rings is 1. The summed E-state index contributed by atoms with van der Waals surface area (Å²) >= 11 is 0. The number of aromatic nitrogens is 2. The van der Waals surface area contributed by atoms with Crippen LogP contribution in [0.4, 0.5) is 5.82 Å². The molecule has 0 radical (unpaired) electrons. The van der Waals surface area contributed by atoms with Crippen LogP contribution in [0.3, 0.4) is 0 Å². The third-order valence-corrected chi connectivity index (χ3v) is 9.96. The molecule has 2 aromatic rings. The Balaban J connectivity index is 1.67. The standard InChI is InChI=1S/C38H66N3O7P/c1-4-5-6-7-8-9-10-11-12-13-14-15-16-17-18-22-27-45-31-38(2,47-30-34-23-20-19-21-24-34)32-48-49(3,44)33-46-35(29-42)28-41-26-25-36(39)40-37(41)43/h19-21,23-26,35,42H,4-18,22,27-33H2,1-3H3,(H2,39,40,43)/t35-,38+,49?/m0/s1. The Morgan fingerprint density at radius 1 is 0.878 bits per heavy atom. The lowest BCUT2D eigenvalue weighted by Crippen LogP contribution is -2.39. The summed E-state index contributed by atoms with van der Waals surface area (Å²) in [4.78, 5) is 15.8. The summed E-state index contributed by atoms with van der Waals surface area (Å²) in [5.41, 5.74) is 5.18. The maximum absolute atomic E-state index is 13.3. The van der Waals surface area contributed by atoms with E-state index in [2.05, 4.69) is 11.9 Å². The number of nitrogen functional groups attached to an aromatic ring is 1. The van der Waals surface area contributed by atoms with E-state index in [9.17, 15) is 14.5 Å². The van der Waals surface area contributed by atoms with Crippen LogP contribution < -0.4 is 11.4 Å². The lowest BCUT2D eigenvalue weighted by atomic mass is 10.0. The highest BCUT2D eigenvalue weighted by Gasteiger charge is 2.31. The zero-order valence-electron chi connectivity index (χ0n) is 30.7. The highest BCUT2D eigenvalue weighted by molar-refractivity contribution is 7.57. The summed E-state index contributed by atoms with van der Waals surface area (Å²) in [6.45, 7) is 6.67. The summed E-state index contributed by atoms with van der Waals surface area (Å²) in [5.74, 6) is 0.112. The summed E-state index contributed by atoms with van der Waals surface area (Å²) in [6.07, 6.45) is 21.7. The second-order valence-electron chi connectivity index (χ2n) is 13.8. The van der Waals surface area contributed by atoms with Gasteiger partial charge in [0, 0.05) is 19.5 Å². The summed E-state index contributed by atoms with van der Waals surface area (Å²) in [6, 6.07) is 11.4. The van der Waals surface area contributed by atoms with Crippen molar-refractivity contribution in [2.24, 2.45) is 0 Å². The predicted octanol–water partition coefficient (Wildman–Crippen LogP) is 8.34. The molecule has 0 aliphatic rings. The second-order valence-corrected chi connectivity index (χ2v) is 16.3. The maximum Gasteiger partial charge on any atom is 0.349 e. The van der Waals surface area contributed by atoms with Gasteiger partial charge < -0.3 is 29.6 Å². The predicted molar refractivity (Wildman–Crippen MR) is 199 cm³/mol. The van der Waals surface area contributed by atoms with E-state index < -0.39 is 24.8 Å². The average Bonchev–Trinajstić information content (AvgIpc) is 3.09. The number of hydrogen-bond donors (Lipinski definition) is 2. The van der Waals surface area contributed by atoms with Crippen molar-refractivity contribution < 1.29 is 28.4 Å². The Morgan fingerprint density at radius 2 is 1.45 bits per heavy atom. The number of rotatable bonds is 31. The van der Waals surface area contributed by atoms with Crippen molar-refractivity contribution in [3.8, 4) is 0 Å². The van der Waals surface area contributed by atoms with Crippen molar-refractivity contribution in [2.45, 2.75) is 141 Å². The van der Waals surface area contributed by atoms with Gasteiger partial charge in [0.15, 0.2) is 0 Å². The molecule has 0 aliphatic carbocycles. The number of unbranched alkanes of at least 4 members (excludes halogenated alkanes) is 15. The number of aliphatic hydroxyl groups is 1. The van der Waals surface area contributed by atoms with Gasteiger partial charge in [0.05, 0.1) is 39.1 Å². The molecule has 49 heavy (non-hydrogen) atoms. The van der Waals surface area contributed by atoms with E-state index in [1.807, 2.05) is 37.3 Å². The van der Waals surface area contributed by atoms with E-state index in [1.54, 1.807) is 0 Å². The van der Waals surface area contributed by atoms with Crippen molar-refractivity contribution in [3.63, 3.8) is 0 Å². The molecule has 1 unspecified atom stereocenters. The average molecular weight is 708 g/mol. The molecule has 10 nitrogen and oxygen atoms in total. The zero-order valence-corrected chi connectivity index (χ0v) is 31.6.